The molecule has 1 saturated carbocycles. The van der Waals surface area contributed by atoms with E-state index in [9.17, 15) is 13.2 Å². The molecule has 1 aliphatic carbocycles. The minimum Gasteiger partial charge on any atom is -0.469 e. The van der Waals surface area contributed by atoms with Gasteiger partial charge in [-0.3, -0.25) is 4.79 Å². The Kier molecular flexibility index (Phi) is 5.61. The molecule has 0 radical (unpaired) electrons. The molecule has 1 rings (SSSR count). The Balaban J connectivity index is 2.78. The summed E-state index contributed by atoms with van der Waals surface area (Å²) < 4.78 is 29.3. The Morgan fingerprint density at radius 3 is 2.40 bits per heavy atom. The lowest BCUT2D eigenvalue weighted by Gasteiger charge is -2.40. The molecule has 5 nitrogen and oxygen atoms in total. The van der Waals surface area contributed by atoms with Crippen molar-refractivity contribution in [3.8, 4) is 0 Å². The van der Waals surface area contributed by atoms with E-state index in [0.717, 1.165) is 12.8 Å². The molecule has 6 heteroatoms. The van der Waals surface area contributed by atoms with Crippen molar-refractivity contribution in [2.45, 2.75) is 57.7 Å². The van der Waals surface area contributed by atoms with Gasteiger partial charge in [-0.2, -0.15) is 0 Å². The first-order valence-electron chi connectivity index (χ1n) is 7.12. The fraction of sp³-hybridized carbons (Fsp3) is 0.929. The summed E-state index contributed by atoms with van der Waals surface area (Å²) in [4.78, 5) is 11.1. The largest absolute Gasteiger partial charge is 0.469 e. The summed E-state index contributed by atoms with van der Waals surface area (Å²) in [5.74, 6) is -0.319. The predicted octanol–water partition coefficient (Wildman–Crippen LogP) is 1.51. The van der Waals surface area contributed by atoms with Crippen LogP contribution in [-0.2, 0) is 19.4 Å². The molecule has 0 aromatic rings. The number of sulfone groups is 1. The zero-order valence-electron chi connectivity index (χ0n) is 12.9. The van der Waals surface area contributed by atoms with Crippen LogP contribution in [0.2, 0.25) is 0 Å². The maximum Gasteiger partial charge on any atom is 0.306 e. The summed E-state index contributed by atoms with van der Waals surface area (Å²) in [6.07, 6.45) is 2.19. The summed E-state index contributed by atoms with van der Waals surface area (Å²) in [7, 11) is -2.10. The maximum absolute atomic E-state index is 12.4. The van der Waals surface area contributed by atoms with Crippen LogP contribution in [0.5, 0.6) is 0 Å². The van der Waals surface area contributed by atoms with Crippen LogP contribution in [0.3, 0.4) is 0 Å². The first kappa shape index (κ1) is 17.4. The van der Waals surface area contributed by atoms with E-state index in [-0.39, 0.29) is 23.6 Å². The normalized spacial score (nSPS) is 28.1. The second-order valence-electron chi connectivity index (χ2n) is 6.77. The molecule has 2 N–H and O–H groups in total. The topological polar surface area (TPSA) is 86.5 Å². The van der Waals surface area contributed by atoms with Gasteiger partial charge in [0.1, 0.15) is 0 Å². The molecule has 0 aliphatic heterocycles. The fourth-order valence-electron chi connectivity index (χ4n) is 2.83. The van der Waals surface area contributed by atoms with Crippen molar-refractivity contribution in [1.82, 2.24) is 0 Å². The third kappa shape index (κ3) is 4.45. The minimum absolute atomic E-state index is 0.0796. The molecule has 3 atom stereocenters. The molecule has 0 amide bonds. The first-order valence-corrected chi connectivity index (χ1v) is 8.83. The molecule has 1 fully saturated rings. The summed E-state index contributed by atoms with van der Waals surface area (Å²) in [5.41, 5.74) is 6.09. The Labute approximate surface area is 122 Å². The van der Waals surface area contributed by atoms with Crippen LogP contribution in [-0.4, -0.2) is 38.5 Å². The van der Waals surface area contributed by atoms with Crippen LogP contribution in [0.1, 0.15) is 46.5 Å². The van der Waals surface area contributed by atoms with E-state index in [1.165, 1.54) is 7.11 Å². The molecule has 0 spiro atoms. The molecule has 20 heavy (non-hydrogen) atoms. The van der Waals surface area contributed by atoms with E-state index in [1.54, 1.807) is 0 Å². The van der Waals surface area contributed by atoms with Gasteiger partial charge >= 0.3 is 5.97 Å². The van der Waals surface area contributed by atoms with Crippen LogP contribution >= 0.6 is 0 Å². The van der Waals surface area contributed by atoms with Crippen LogP contribution in [0, 0.1) is 11.3 Å². The van der Waals surface area contributed by atoms with Gasteiger partial charge in [0.15, 0.2) is 9.84 Å². The molecular formula is C14H27NO4S. The van der Waals surface area contributed by atoms with E-state index >= 15 is 0 Å². The van der Waals surface area contributed by atoms with Crippen LogP contribution in [0.25, 0.3) is 0 Å². The van der Waals surface area contributed by atoms with Crippen molar-refractivity contribution < 1.29 is 17.9 Å². The van der Waals surface area contributed by atoms with E-state index in [4.69, 9.17) is 5.73 Å². The number of esters is 1. The molecule has 1 aliphatic rings. The molecule has 0 aromatic heterocycles. The Bertz CT molecular complexity index is 439. The Hall–Kier alpha value is -0.620. The van der Waals surface area contributed by atoms with Gasteiger partial charge in [0.05, 0.1) is 24.5 Å². The number of ether oxygens (including phenoxy) is 1. The van der Waals surface area contributed by atoms with Gasteiger partial charge in [-0.05, 0) is 30.6 Å². The van der Waals surface area contributed by atoms with Crippen molar-refractivity contribution in [2.24, 2.45) is 17.1 Å². The Morgan fingerprint density at radius 1 is 1.30 bits per heavy atom. The van der Waals surface area contributed by atoms with Crippen molar-refractivity contribution in [1.29, 1.82) is 0 Å². The van der Waals surface area contributed by atoms with Crippen molar-refractivity contribution in [2.75, 3.05) is 12.9 Å². The minimum atomic E-state index is -3.36. The van der Waals surface area contributed by atoms with Crippen molar-refractivity contribution in [3.05, 3.63) is 0 Å². The predicted molar refractivity (Wildman–Crippen MR) is 79.0 cm³/mol. The average molecular weight is 305 g/mol. The quantitative estimate of drug-likeness (QED) is 0.796. The number of nitrogens with two attached hydrogens (primary N) is 1. The van der Waals surface area contributed by atoms with Gasteiger partial charge in [0, 0.05) is 6.04 Å². The lowest BCUT2D eigenvalue weighted by molar-refractivity contribution is -0.140. The monoisotopic (exact) mass is 305 g/mol. The van der Waals surface area contributed by atoms with Crippen LogP contribution in [0.4, 0.5) is 0 Å². The van der Waals surface area contributed by atoms with Gasteiger partial charge in [-0.1, -0.05) is 20.8 Å². The molecule has 0 bridgehead atoms. The number of hydrogen-bond donors (Lipinski definition) is 1. The standard InChI is InChI=1S/C14H27NO4S/c1-14(2,3)10-5-6-11(15)12(9-10)20(17,18)8-7-13(16)19-4/h10-12H,5-9,15H2,1-4H3. The van der Waals surface area contributed by atoms with Crippen LogP contribution < -0.4 is 5.73 Å². The molecular weight excluding hydrogens is 278 g/mol. The summed E-state index contributed by atoms with van der Waals surface area (Å²) in [6.45, 7) is 6.39. The number of carbonyl (C=O) groups is 1. The fourth-order valence-corrected chi connectivity index (χ4v) is 4.78. The second kappa shape index (κ2) is 6.43. The summed E-state index contributed by atoms with van der Waals surface area (Å²) >= 11 is 0. The maximum atomic E-state index is 12.4. The van der Waals surface area contributed by atoms with E-state index < -0.39 is 21.1 Å². The van der Waals surface area contributed by atoms with E-state index in [2.05, 4.69) is 25.5 Å². The van der Waals surface area contributed by atoms with Gasteiger partial charge in [-0.25, -0.2) is 8.42 Å². The lowest BCUT2D eigenvalue weighted by Crippen LogP contribution is -2.48. The van der Waals surface area contributed by atoms with Crippen molar-refractivity contribution >= 4 is 15.8 Å². The number of rotatable bonds is 4. The Morgan fingerprint density at radius 2 is 1.90 bits per heavy atom. The molecule has 3 unspecified atom stereocenters. The van der Waals surface area contributed by atoms with Gasteiger partial charge in [0.2, 0.25) is 0 Å². The average Bonchev–Trinajstić information content (AvgIpc) is 2.34. The van der Waals surface area contributed by atoms with Crippen LogP contribution in [0.15, 0.2) is 0 Å². The van der Waals surface area contributed by atoms with E-state index in [0.29, 0.717) is 12.3 Å². The summed E-state index contributed by atoms with van der Waals surface area (Å²) in [5, 5.41) is -0.537. The van der Waals surface area contributed by atoms with Crippen molar-refractivity contribution in [3.63, 3.8) is 0 Å². The first-order chi connectivity index (χ1) is 9.08. The number of carbonyl (C=O) groups excluding carboxylic acids is 1. The van der Waals surface area contributed by atoms with Gasteiger partial charge in [-0.15, -0.1) is 0 Å². The lowest BCUT2D eigenvalue weighted by atomic mass is 9.71. The SMILES string of the molecule is COC(=O)CCS(=O)(=O)C1CC(C(C)(C)C)CCC1N. The third-order valence-corrected chi connectivity index (χ3v) is 6.58. The van der Waals surface area contributed by atoms with Gasteiger partial charge in [0.25, 0.3) is 0 Å². The highest BCUT2D eigenvalue weighted by molar-refractivity contribution is 7.92. The molecule has 118 valence electrons. The molecule has 0 heterocycles. The highest BCUT2D eigenvalue weighted by Crippen LogP contribution is 2.39. The third-order valence-electron chi connectivity index (χ3n) is 4.35. The second-order valence-corrected chi connectivity index (χ2v) is 9.11. The zero-order chi connectivity index (χ0) is 15.6. The summed E-state index contributed by atoms with van der Waals surface area (Å²) in [6, 6.07) is -0.323. The smallest absolute Gasteiger partial charge is 0.306 e. The number of hydrogen-bond acceptors (Lipinski definition) is 5. The highest BCUT2D eigenvalue weighted by Gasteiger charge is 2.40. The molecule has 0 saturated heterocycles. The van der Waals surface area contributed by atoms with E-state index in [1.807, 2.05) is 0 Å². The number of methoxy groups -OCH3 is 1. The molecule has 0 aromatic carbocycles. The van der Waals surface area contributed by atoms with Gasteiger partial charge < -0.3 is 10.5 Å². The highest BCUT2D eigenvalue weighted by atomic mass is 32.2. The zero-order valence-corrected chi connectivity index (χ0v) is 13.7.